The van der Waals surface area contributed by atoms with Crippen LogP contribution in [0.15, 0.2) is 53.9 Å². The van der Waals surface area contributed by atoms with Crippen LogP contribution in [-0.4, -0.2) is 49.9 Å². The predicted octanol–water partition coefficient (Wildman–Crippen LogP) is 2.66. The minimum Gasteiger partial charge on any atom is -0.355 e. The molecule has 1 fully saturated rings. The highest BCUT2D eigenvalue weighted by Crippen LogP contribution is 2.20. The highest BCUT2D eigenvalue weighted by Gasteiger charge is 2.24. The molecule has 2 heterocycles. The van der Waals surface area contributed by atoms with Gasteiger partial charge in [-0.1, -0.05) is 35.5 Å². The number of rotatable bonds is 9. The molecular formula is C21H21ClN6O2S. The van der Waals surface area contributed by atoms with E-state index in [0.717, 1.165) is 24.8 Å². The number of nitrogens with one attached hydrogen (secondary N) is 2. The maximum atomic E-state index is 12.1. The summed E-state index contributed by atoms with van der Waals surface area (Å²) in [7, 11) is 0. The molecule has 1 aliphatic rings. The standard InChI is InChI=1S/C21H21ClN6O2S/c22-15-3-1-14(2-4-15)7-9-23-19(29)12-31-20-11-18(24-13-25-20)28-10-8-17(27-28)21(30)26-16-5-6-16/h1-4,8,10-11,13,16H,5-7,9,12H2,(H,23,29)(H,26,30). The number of aromatic nitrogens is 4. The SMILES string of the molecule is O=C(CSc1cc(-n2ccc(C(=O)NC3CC3)n2)ncn1)NCCc1ccc(Cl)cc1. The van der Waals surface area contributed by atoms with Gasteiger partial charge in [-0.2, -0.15) is 5.10 Å². The lowest BCUT2D eigenvalue weighted by Gasteiger charge is -2.06. The third-order valence-corrected chi connectivity index (χ3v) is 5.77. The van der Waals surface area contributed by atoms with Gasteiger partial charge in [0.15, 0.2) is 11.5 Å². The van der Waals surface area contributed by atoms with E-state index in [1.54, 1.807) is 18.3 Å². The first-order chi connectivity index (χ1) is 15.1. The van der Waals surface area contributed by atoms with Crippen molar-refractivity contribution >= 4 is 35.2 Å². The molecule has 1 saturated carbocycles. The van der Waals surface area contributed by atoms with E-state index in [0.29, 0.717) is 28.1 Å². The monoisotopic (exact) mass is 456 g/mol. The van der Waals surface area contributed by atoms with E-state index in [2.05, 4.69) is 25.7 Å². The average Bonchev–Trinajstić information content (AvgIpc) is 3.45. The van der Waals surface area contributed by atoms with Crippen molar-refractivity contribution in [3.8, 4) is 5.82 Å². The van der Waals surface area contributed by atoms with Gasteiger partial charge in [-0.25, -0.2) is 14.6 Å². The summed E-state index contributed by atoms with van der Waals surface area (Å²) >= 11 is 7.19. The van der Waals surface area contributed by atoms with Crippen LogP contribution in [0, 0.1) is 0 Å². The molecular weight excluding hydrogens is 436 g/mol. The zero-order valence-electron chi connectivity index (χ0n) is 16.6. The molecule has 160 valence electrons. The first-order valence-electron chi connectivity index (χ1n) is 9.90. The van der Waals surface area contributed by atoms with Gasteiger partial charge in [0.25, 0.3) is 5.91 Å². The molecule has 0 spiro atoms. The molecule has 1 aromatic carbocycles. The fraction of sp³-hybridized carbons (Fsp3) is 0.286. The van der Waals surface area contributed by atoms with Crippen LogP contribution in [-0.2, 0) is 11.2 Å². The number of carbonyl (C=O) groups is 2. The number of amides is 2. The molecule has 4 rings (SSSR count). The molecule has 2 N–H and O–H groups in total. The van der Waals surface area contributed by atoms with Crippen molar-refractivity contribution < 1.29 is 9.59 Å². The predicted molar refractivity (Wildman–Crippen MR) is 119 cm³/mol. The maximum Gasteiger partial charge on any atom is 0.272 e. The summed E-state index contributed by atoms with van der Waals surface area (Å²) in [6.45, 7) is 0.551. The number of thioether (sulfide) groups is 1. The number of hydrogen-bond donors (Lipinski definition) is 2. The molecule has 0 bridgehead atoms. The summed E-state index contributed by atoms with van der Waals surface area (Å²) in [6, 6.07) is 11.2. The molecule has 0 atom stereocenters. The van der Waals surface area contributed by atoms with Crippen LogP contribution in [0.2, 0.25) is 5.02 Å². The van der Waals surface area contributed by atoms with Gasteiger partial charge < -0.3 is 10.6 Å². The highest BCUT2D eigenvalue weighted by molar-refractivity contribution is 7.99. The fourth-order valence-electron chi connectivity index (χ4n) is 2.78. The van der Waals surface area contributed by atoms with Crippen molar-refractivity contribution in [3.05, 3.63) is 65.2 Å². The quantitative estimate of drug-likeness (QED) is 0.379. The van der Waals surface area contributed by atoms with Crippen molar-refractivity contribution in [1.82, 2.24) is 30.4 Å². The molecule has 0 unspecified atom stereocenters. The molecule has 0 saturated heterocycles. The summed E-state index contributed by atoms with van der Waals surface area (Å²) < 4.78 is 1.53. The van der Waals surface area contributed by atoms with Gasteiger partial charge in [0.1, 0.15) is 11.4 Å². The Morgan fingerprint density at radius 2 is 1.97 bits per heavy atom. The van der Waals surface area contributed by atoms with Gasteiger partial charge >= 0.3 is 0 Å². The van der Waals surface area contributed by atoms with Crippen molar-refractivity contribution in [3.63, 3.8) is 0 Å². The smallest absolute Gasteiger partial charge is 0.272 e. The first kappa shape index (κ1) is 21.3. The van der Waals surface area contributed by atoms with Crippen molar-refractivity contribution in [1.29, 1.82) is 0 Å². The summed E-state index contributed by atoms with van der Waals surface area (Å²) in [5.41, 5.74) is 1.46. The number of hydrogen-bond acceptors (Lipinski definition) is 6. The Labute approximate surface area is 188 Å². The zero-order valence-corrected chi connectivity index (χ0v) is 18.2. The normalized spacial score (nSPS) is 13.1. The minimum absolute atomic E-state index is 0.0720. The Hall–Kier alpha value is -2.91. The lowest BCUT2D eigenvalue weighted by atomic mass is 10.1. The fourth-order valence-corrected chi connectivity index (χ4v) is 3.60. The molecule has 2 aromatic heterocycles. The largest absolute Gasteiger partial charge is 0.355 e. The van der Waals surface area contributed by atoms with E-state index in [4.69, 9.17) is 11.6 Å². The summed E-state index contributed by atoms with van der Waals surface area (Å²) in [5.74, 6) is 0.522. The number of nitrogens with zero attached hydrogens (tertiary/aromatic N) is 4. The van der Waals surface area contributed by atoms with Crippen LogP contribution in [0.3, 0.4) is 0 Å². The summed E-state index contributed by atoms with van der Waals surface area (Å²) in [5, 5.41) is 11.4. The minimum atomic E-state index is -0.180. The Morgan fingerprint density at radius 3 is 2.74 bits per heavy atom. The van der Waals surface area contributed by atoms with Crippen LogP contribution >= 0.6 is 23.4 Å². The Kier molecular flexibility index (Phi) is 6.83. The van der Waals surface area contributed by atoms with E-state index in [1.165, 1.54) is 22.8 Å². The van der Waals surface area contributed by atoms with E-state index < -0.39 is 0 Å². The van der Waals surface area contributed by atoms with Gasteiger partial charge in [0, 0.05) is 29.9 Å². The van der Waals surface area contributed by atoms with E-state index in [9.17, 15) is 9.59 Å². The second-order valence-corrected chi connectivity index (χ2v) is 8.55. The molecule has 31 heavy (non-hydrogen) atoms. The van der Waals surface area contributed by atoms with E-state index in [1.807, 2.05) is 24.3 Å². The van der Waals surface area contributed by atoms with Gasteiger partial charge in [-0.3, -0.25) is 9.59 Å². The number of halogens is 1. The van der Waals surface area contributed by atoms with E-state index in [-0.39, 0.29) is 23.6 Å². The van der Waals surface area contributed by atoms with Crippen LogP contribution < -0.4 is 10.6 Å². The molecule has 10 heteroatoms. The molecule has 2 amide bonds. The Balaban J connectivity index is 1.26. The van der Waals surface area contributed by atoms with Crippen molar-refractivity contribution in [2.45, 2.75) is 30.3 Å². The molecule has 0 radical (unpaired) electrons. The number of carbonyl (C=O) groups excluding carboxylic acids is 2. The van der Waals surface area contributed by atoms with Crippen LogP contribution in [0.4, 0.5) is 0 Å². The maximum absolute atomic E-state index is 12.1. The van der Waals surface area contributed by atoms with Crippen molar-refractivity contribution in [2.75, 3.05) is 12.3 Å². The molecule has 1 aliphatic carbocycles. The second kappa shape index (κ2) is 9.93. The molecule has 3 aromatic rings. The Bertz CT molecular complexity index is 1070. The summed E-state index contributed by atoms with van der Waals surface area (Å²) in [4.78, 5) is 32.6. The van der Waals surface area contributed by atoms with Gasteiger partial charge in [0.05, 0.1) is 5.75 Å². The highest BCUT2D eigenvalue weighted by atomic mass is 35.5. The molecule has 0 aliphatic heterocycles. The lowest BCUT2D eigenvalue weighted by Crippen LogP contribution is -2.27. The lowest BCUT2D eigenvalue weighted by molar-refractivity contribution is -0.118. The molecule has 8 nitrogen and oxygen atoms in total. The van der Waals surface area contributed by atoms with Crippen LogP contribution in [0.1, 0.15) is 28.9 Å². The van der Waals surface area contributed by atoms with Crippen LogP contribution in [0.5, 0.6) is 0 Å². The van der Waals surface area contributed by atoms with Gasteiger partial charge in [-0.05, 0) is 43.0 Å². The zero-order chi connectivity index (χ0) is 21.6. The second-order valence-electron chi connectivity index (χ2n) is 7.12. The third-order valence-electron chi connectivity index (χ3n) is 4.60. The van der Waals surface area contributed by atoms with Gasteiger partial charge in [-0.15, -0.1) is 0 Å². The van der Waals surface area contributed by atoms with E-state index >= 15 is 0 Å². The average molecular weight is 457 g/mol. The van der Waals surface area contributed by atoms with Crippen LogP contribution in [0.25, 0.3) is 5.82 Å². The third kappa shape index (κ3) is 6.28. The topological polar surface area (TPSA) is 102 Å². The van der Waals surface area contributed by atoms with Gasteiger partial charge in [0.2, 0.25) is 5.91 Å². The van der Waals surface area contributed by atoms with Crippen molar-refractivity contribution in [2.24, 2.45) is 0 Å². The Morgan fingerprint density at radius 1 is 1.16 bits per heavy atom. The summed E-state index contributed by atoms with van der Waals surface area (Å²) in [6.07, 6.45) is 5.88. The first-order valence-corrected chi connectivity index (χ1v) is 11.3. The number of benzene rings is 1.